The number of ether oxygens (including phenoxy) is 2. The zero-order valence-corrected chi connectivity index (χ0v) is 14.5. The number of hydrogen-bond donors (Lipinski definition) is 0. The zero-order valence-electron chi connectivity index (χ0n) is 14.5. The molecule has 0 aliphatic carbocycles. The summed E-state index contributed by atoms with van der Waals surface area (Å²) in [6, 6.07) is 7.51. The van der Waals surface area contributed by atoms with Gasteiger partial charge in [0.15, 0.2) is 0 Å². The van der Waals surface area contributed by atoms with Gasteiger partial charge in [-0.05, 0) is 44.9 Å². The van der Waals surface area contributed by atoms with Crippen molar-refractivity contribution < 1.29 is 14.3 Å². The Kier molecular flexibility index (Phi) is 6.89. The van der Waals surface area contributed by atoms with E-state index in [1.807, 2.05) is 45.0 Å². The van der Waals surface area contributed by atoms with Crippen molar-refractivity contribution in [3.8, 4) is 5.75 Å². The van der Waals surface area contributed by atoms with Gasteiger partial charge < -0.3 is 9.47 Å². The maximum Gasteiger partial charge on any atom is 0.411 e. The van der Waals surface area contributed by atoms with E-state index < -0.39 is 5.60 Å². The molecule has 0 saturated carbocycles. The van der Waals surface area contributed by atoms with E-state index in [2.05, 4.69) is 13.2 Å². The normalized spacial score (nSPS) is 12.2. The molecule has 23 heavy (non-hydrogen) atoms. The average molecular weight is 317 g/mol. The summed E-state index contributed by atoms with van der Waals surface area (Å²) in [6.45, 7) is 13.5. The van der Waals surface area contributed by atoms with Crippen molar-refractivity contribution in [1.29, 1.82) is 0 Å². The molecule has 1 amide bonds. The van der Waals surface area contributed by atoms with Gasteiger partial charge in [0.1, 0.15) is 11.4 Å². The van der Waals surface area contributed by atoms with Crippen LogP contribution in [0.25, 0.3) is 0 Å². The van der Waals surface area contributed by atoms with E-state index >= 15 is 0 Å². The van der Waals surface area contributed by atoms with Crippen LogP contribution < -0.4 is 4.74 Å². The maximum absolute atomic E-state index is 12.6. The van der Waals surface area contributed by atoms with Gasteiger partial charge in [-0.25, -0.2) is 4.79 Å². The topological polar surface area (TPSA) is 38.8 Å². The van der Waals surface area contributed by atoms with Crippen LogP contribution in [0.2, 0.25) is 0 Å². The number of rotatable bonds is 7. The van der Waals surface area contributed by atoms with E-state index in [4.69, 9.17) is 9.47 Å². The summed E-state index contributed by atoms with van der Waals surface area (Å²) in [6.07, 6.45) is 3.76. The Morgan fingerprint density at radius 3 is 2.26 bits per heavy atom. The van der Waals surface area contributed by atoms with Gasteiger partial charge >= 0.3 is 6.09 Å². The molecule has 0 aliphatic rings. The fourth-order valence-corrected chi connectivity index (χ4v) is 2.22. The Labute approximate surface area is 139 Å². The molecular formula is C19H27NO3. The predicted molar refractivity (Wildman–Crippen MR) is 93.7 cm³/mol. The van der Waals surface area contributed by atoms with Gasteiger partial charge in [-0.3, -0.25) is 4.90 Å². The van der Waals surface area contributed by atoms with Crippen LogP contribution in [0.5, 0.6) is 5.75 Å². The van der Waals surface area contributed by atoms with Crippen LogP contribution >= 0.6 is 0 Å². The molecule has 4 heteroatoms. The van der Waals surface area contributed by atoms with Crippen LogP contribution in [-0.2, 0) is 4.74 Å². The third-order valence-corrected chi connectivity index (χ3v) is 3.22. The number of methoxy groups -OCH3 is 1. The first kappa shape index (κ1) is 18.8. The second-order valence-electron chi connectivity index (χ2n) is 6.23. The molecule has 0 fully saturated rings. The Morgan fingerprint density at radius 2 is 1.83 bits per heavy atom. The van der Waals surface area contributed by atoms with Crippen molar-refractivity contribution in [2.75, 3.05) is 13.7 Å². The highest BCUT2D eigenvalue weighted by Crippen LogP contribution is 2.28. The second kappa shape index (κ2) is 8.42. The lowest BCUT2D eigenvalue weighted by Gasteiger charge is -2.33. The lowest BCUT2D eigenvalue weighted by Crippen LogP contribution is -2.39. The molecule has 0 N–H and O–H groups in total. The van der Waals surface area contributed by atoms with Crippen LogP contribution in [0.1, 0.15) is 38.8 Å². The van der Waals surface area contributed by atoms with E-state index in [0.717, 1.165) is 11.3 Å². The molecule has 0 aromatic heterocycles. The Balaban J connectivity index is 3.11. The van der Waals surface area contributed by atoms with Crippen LogP contribution in [0.4, 0.5) is 4.79 Å². The minimum Gasteiger partial charge on any atom is -0.497 e. The Morgan fingerprint density at radius 1 is 1.22 bits per heavy atom. The fraction of sp³-hybridized carbons (Fsp3) is 0.421. The van der Waals surface area contributed by atoms with Crippen molar-refractivity contribution >= 4 is 6.09 Å². The van der Waals surface area contributed by atoms with Gasteiger partial charge in [-0.1, -0.05) is 24.3 Å². The number of nitrogens with zero attached hydrogens (tertiary/aromatic N) is 1. The van der Waals surface area contributed by atoms with Crippen LogP contribution in [-0.4, -0.2) is 30.2 Å². The first-order valence-corrected chi connectivity index (χ1v) is 7.67. The summed E-state index contributed by atoms with van der Waals surface area (Å²) in [7, 11) is 1.63. The first-order chi connectivity index (χ1) is 10.8. The molecule has 1 aromatic rings. The summed E-state index contributed by atoms with van der Waals surface area (Å²) >= 11 is 0. The summed E-state index contributed by atoms with van der Waals surface area (Å²) in [5.74, 6) is 0.777. The molecular weight excluding hydrogens is 290 g/mol. The van der Waals surface area contributed by atoms with E-state index in [0.29, 0.717) is 13.0 Å². The van der Waals surface area contributed by atoms with Gasteiger partial charge in [0.2, 0.25) is 0 Å². The monoisotopic (exact) mass is 317 g/mol. The van der Waals surface area contributed by atoms with Gasteiger partial charge in [0.05, 0.1) is 13.2 Å². The van der Waals surface area contributed by atoms with Crippen molar-refractivity contribution in [2.24, 2.45) is 0 Å². The summed E-state index contributed by atoms with van der Waals surface area (Å²) in [5, 5.41) is 0. The van der Waals surface area contributed by atoms with Gasteiger partial charge in [-0.2, -0.15) is 0 Å². The molecule has 0 heterocycles. The minimum absolute atomic E-state index is 0.161. The van der Waals surface area contributed by atoms with E-state index in [1.54, 1.807) is 24.2 Å². The minimum atomic E-state index is -0.546. The number of carbonyl (C=O) groups is 1. The molecule has 1 aromatic carbocycles. The highest BCUT2D eigenvalue weighted by molar-refractivity contribution is 5.69. The zero-order chi connectivity index (χ0) is 17.5. The van der Waals surface area contributed by atoms with Crippen LogP contribution in [0.3, 0.4) is 0 Å². The smallest absolute Gasteiger partial charge is 0.411 e. The van der Waals surface area contributed by atoms with Crippen molar-refractivity contribution in [1.82, 2.24) is 4.90 Å². The summed E-state index contributed by atoms with van der Waals surface area (Å²) in [5.41, 5.74) is 0.452. The standard InChI is InChI=1S/C19H27NO3/c1-7-9-17(15-10-12-16(22-6)13-11-15)20(14-8-2)18(21)23-19(3,4)5/h7-8,10-13,17H,1-2,9,14H2,3-6H3. The average Bonchev–Trinajstić information content (AvgIpc) is 2.49. The van der Waals surface area contributed by atoms with Crippen LogP contribution in [0.15, 0.2) is 49.6 Å². The molecule has 0 saturated heterocycles. The molecule has 0 aliphatic heterocycles. The third kappa shape index (κ3) is 5.81. The third-order valence-electron chi connectivity index (χ3n) is 3.22. The molecule has 1 atom stereocenters. The maximum atomic E-state index is 12.6. The highest BCUT2D eigenvalue weighted by atomic mass is 16.6. The lowest BCUT2D eigenvalue weighted by atomic mass is 10.0. The van der Waals surface area contributed by atoms with Gasteiger partial charge in [0.25, 0.3) is 0 Å². The number of carbonyl (C=O) groups excluding carboxylic acids is 1. The van der Waals surface area contributed by atoms with Gasteiger partial charge in [0, 0.05) is 6.54 Å². The van der Waals surface area contributed by atoms with E-state index in [9.17, 15) is 4.79 Å². The SMILES string of the molecule is C=CCC(c1ccc(OC)cc1)N(CC=C)C(=O)OC(C)(C)C. The molecule has 4 nitrogen and oxygen atoms in total. The molecule has 126 valence electrons. The second-order valence-corrected chi connectivity index (χ2v) is 6.23. The largest absolute Gasteiger partial charge is 0.497 e. The molecule has 1 unspecified atom stereocenters. The molecule has 0 radical (unpaired) electrons. The Hall–Kier alpha value is -2.23. The summed E-state index contributed by atoms with van der Waals surface area (Å²) in [4.78, 5) is 14.2. The quantitative estimate of drug-likeness (QED) is 0.682. The molecule has 1 rings (SSSR count). The van der Waals surface area contributed by atoms with Crippen molar-refractivity contribution in [3.63, 3.8) is 0 Å². The first-order valence-electron chi connectivity index (χ1n) is 7.67. The molecule has 0 bridgehead atoms. The fourth-order valence-electron chi connectivity index (χ4n) is 2.22. The summed E-state index contributed by atoms with van der Waals surface area (Å²) < 4.78 is 10.7. The van der Waals surface area contributed by atoms with E-state index in [1.165, 1.54) is 0 Å². The van der Waals surface area contributed by atoms with Crippen LogP contribution in [0, 0.1) is 0 Å². The molecule has 0 spiro atoms. The van der Waals surface area contributed by atoms with Crippen molar-refractivity contribution in [3.05, 3.63) is 55.1 Å². The Bertz CT molecular complexity index is 529. The lowest BCUT2D eigenvalue weighted by molar-refractivity contribution is 0.0187. The van der Waals surface area contributed by atoms with Gasteiger partial charge in [-0.15, -0.1) is 13.2 Å². The number of benzene rings is 1. The van der Waals surface area contributed by atoms with Crippen molar-refractivity contribution in [2.45, 2.75) is 38.8 Å². The number of amides is 1. The number of hydrogen-bond acceptors (Lipinski definition) is 3. The predicted octanol–water partition coefficient (Wildman–Crippen LogP) is 4.74. The highest BCUT2D eigenvalue weighted by Gasteiger charge is 2.28. The van der Waals surface area contributed by atoms with E-state index in [-0.39, 0.29) is 12.1 Å².